The number of aryl methyl sites for hydroxylation is 1. The molecule has 1 saturated carbocycles. The average molecular weight is 242 g/mol. The van der Waals surface area contributed by atoms with E-state index in [1.54, 1.807) is 0 Å². The minimum absolute atomic E-state index is 0.436. The Hall–Kier alpha value is -1.49. The molecule has 2 heteroatoms. The highest BCUT2D eigenvalue weighted by Crippen LogP contribution is 2.34. The van der Waals surface area contributed by atoms with E-state index in [0.29, 0.717) is 5.92 Å². The molecule has 0 spiro atoms. The maximum Gasteiger partial charge on any atom is 0.125 e. The highest BCUT2D eigenvalue weighted by atomic mass is 15.0. The summed E-state index contributed by atoms with van der Waals surface area (Å²) in [5.74, 6) is 0.469. The van der Waals surface area contributed by atoms with Gasteiger partial charge in [-0.2, -0.15) is 5.26 Å². The summed E-state index contributed by atoms with van der Waals surface area (Å²) in [5.41, 5.74) is 1.85. The smallest absolute Gasteiger partial charge is 0.125 e. The first kappa shape index (κ1) is 13.0. The third kappa shape index (κ3) is 2.85. The number of nitriles is 1. The monoisotopic (exact) mass is 242 g/mol. The van der Waals surface area contributed by atoms with Gasteiger partial charge in [-0.3, -0.25) is 0 Å². The Balaban J connectivity index is 2.15. The van der Waals surface area contributed by atoms with E-state index < -0.39 is 5.54 Å². The van der Waals surface area contributed by atoms with Gasteiger partial charge >= 0.3 is 0 Å². The highest BCUT2D eigenvalue weighted by molar-refractivity contribution is 5.49. The van der Waals surface area contributed by atoms with Gasteiger partial charge in [0.1, 0.15) is 5.54 Å². The SMILES string of the molecule is Cc1cccc(NC(C)(C#N)C2CCCCC2)c1. The van der Waals surface area contributed by atoms with Crippen molar-refractivity contribution >= 4 is 5.69 Å². The standard InChI is InChI=1S/C16H22N2/c1-13-7-6-10-15(11-13)18-16(2,12-17)14-8-4-3-5-9-14/h6-7,10-11,14,18H,3-5,8-9H2,1-2H3. The molecule has 0 saturated heterocycles. The number of benzene rings is 1. The number of hydrogen-bond donors (Lipinski definition) is 1. The molecule has 96 valence electrons. The van der Waals surface area contributed by atoms with E-state index in [1.807, 2.05) is 19.1 Å². The zero-order valence-corrected chi connectivity index (χ0v) is 11.4. The van der Waals surface area contributed by atoms with Gasteiger partial charge in [0.05, 0.1) is 6.07 Å². The number of nitrogens with zero attached hydrogens (tertiary/aromatic N) is 1. The fourth-order valence-electron chi connectivity index (χ4n) is 2.92. The molecule has 1 unspecified atom stereocenters. The Morgan fingerprint density at radius 2 is 2.00 bits per heavy atom. The van der Waals surface area contributed by atoms with E-state index in [9.17, 15) is 5.26 Å². The molecule has 0 heterocycles. The molecule has 0 bridgehead atoms. The predicted molar refractivity (Wildman–Crippen MR) is 75.4 cm³/mol. The molecule has 18 heavy (non-hydrogen) atoms. The minimum Gasteiger partial charge on any atom is -0.367 e. The fraction of sp³-hybridized carbons (Fsp3) is 0.562. The van der Waals surface area contributed by atoms with Crippen LogP contribution in [0.5, 0.6) is 0 Å². The van der Waals surface area contributed by atoms with E-state index in [1.165, 1.54) is 37.7 Å². The first-order chi connectivity index (χ1) is 8.64. The molecule has 1 aromatic carbocycles. The molecule has 0 aromatic heterocycles. The largest absolute Gasteiger partial charge is 0.367 e. The van der Waals surface area contributed by atoms with Crippen molar-refractivity contribution in [2.75, 3.05) is 5.32 Å². The average Bonchev–Trinajstić information content (AvgIpc) is 2.39. The lowest BCUT2D eigenvalue weighted by molar-refractivity contribution is 0.286. The second-order valence-electron chi connectivity index (χ2n) is 5.64. The zero-order valence-electron chi connectivity index (χ0n) is 11.4. The summed E-state index contributed by atoms with van der Waals surface area (Å²) < 4.78 is 0. The van der Waals surface area contributed by atoms with Crippen LogP contribution >= 0.6 is 0 Å². The lowest BCUT2D eigenvalue weighted by Gasteiger charge is -2.36. The van der Waals surface area contributed by atoms with E-state index >= 15 is 0 Å². The minimum atomic E-state index is -0.436. The number of hydrogen-bond acceptors (Lipinski definition) is 2. The summed E-state index contributed by atoms with van der Waals surface area (Å²) in [5, 5.41) is 13.0. The van der Waals surface area contributed by atoms with Crippen LogP contribution in [-0.2, 0) is 0 Å². The van der Waals surface area contributed by atoms with Crippen LogP contribution in [0.2, 0.25) is 0 Å². The van der Waals surface area contributed by atoms with Crippen LogP contribution in [0.1, 0.15) is 44.6 Å². The van der Waals surface area contributed by atoms with Crippen LogP contribution in [0.25, 0.3) is 0 Å². The van der Waals surface area contributed by atoms with Crippen molar-refractivity contribution in [1.82, 2.24) is 0 Å². The molecular weight excluding hydrogens is 220 g/mol. The lowest BCUT2D eigenvalue weighted by Crippen LogP contribution is -2.42. The van der Waals surface area contributed by atoms with E-state index in [4.69, 9.17) is 0 Å². The molecule has 0 amide bonds. The van der Waals surface area contributed by atoms with E-state index in [0.717, 1.165) is 5.69 Å². The Labute approximate surface area is 110 Å². The Morgan fingerprint density at radius 1 is 1.28 bits per heavy atom. The molecule has 2 nitrogen and oxygen atoms in total. The van der Waals surface area contributed by atoms with E-state index in [2.05, 4.69) is 30.4 Å². The maximum absolute atomic E-state index is 9.56. The lowest BCUT2D eigenvalue weighted by atomic mass is 9.76. The topological polar surface area (TPSA) is 35.8 Å². The van der Waals surface area contributed by atoms with Crippen LogP contribution in [0.4, 0.5) is 5.69 Å². The number of nitrogens with one attached hydrogen (secondary N) is 1. The second-order valence-corrected chi connectivity index (χ2v) is 5.64. The quantitative estimate of drug-likeness (QED) is 0.859. The van der Waals surface area contributed by atoms with Crippen LogP contribution in [0, 0.1) is 24.2 Å². The first-order valence-corrected chi connectivity index (χ1v) is 6.90. The van der Waals surface area contributed by atoms with Gasteiger partial charge in [0.2, 0.25) is 0 Å². The van der Waals surface area contributed by atoms with Crippen LogP contribution in [0.15, 0.2) is 24.3 Å². The van der Waals surface area contributed by atoms with Crippen LogP contribution in [0.3, 0.4) is 0 Å². The molecule has 1 fully saturated rings. The van der Waals surface area contributed by atoms with Gasteiger partial charge in [-0.1, -0.05) is 31.4 Å². The second kappa shape index (κ2) is 5.44. The molecule has 2 rings (SSSR count). The van der Waals surface area contributed by atoms with Crippen molar-refractivity contribution in [3.63, 3.8) is 0 Å². The van der Waals surface area contributed by atoms with Crippen LogP contribution < -0.4 is 5.32 Å². The molecule has 0 radical (unpaired) electrons. The third-order valence-electron chi connectivity index (χ3n) is 4.08. The van der Waals surface area contributed by atoms with E-state index in [-0.39, 0.29) is 0 Å². The third-order valence-corrected chi connectivity index (χ3v) is 4.08. The summed E-state index contributed by atoms with van der Waals surface area (Å²) >= 11 is 0. The summed E-state index contributed by atoms with van der Waals surface area (Å²) in [6, 6.07) is 10.8. The molecule has 1 N–H and O–H groups in total. The van der Waals surface area contributed by atoms with Crippen molar-refractivity contribution in [1.29, 1.82) is 5.26 Å². The normalized spacial score (nSPS) is 19.8. The summed E-state index contributed by atoms with van der Waals surface area (Å²) in [6.07, 6.45) is 6.18. The Morgan fingerprint density at radius 3 is 2.61 bits per heavy atom. The first-order valence-electron chi connectivity index (χ1n) is 6.90. The van der Waals surface area contributed by atoms with Gasteiger partial charge < -0.3 is 5.32 Å². The van der Waals surface area contributed by atoms with Gasteiger partial charge in [0, 0.05) is 5.69 Å². The number of anilines is 1. The molecule has 1 aliphatic carbocycles. The molecule has 1 atom stereocenters. The molecule has 1 aromatic rings. The summed E-state index contributed by atoms with van der Waals surface area (Å²) in [7, 11) is 0. The Kier molecular flexibility index (Phi) is 3.91. The van der Waals surface area contributed by atoms with Crippen molar-refractivity contribution in [2.45, 2.75) is 51.5 Å². The van der Waals surface area contributed by atoms with Crippen molar-refractivity contribution in [2.24, 2.45) is 5.92 Å². The Bertz CT molecular complexity index is 441. The van der Waals surface area contributed by atoms with Gasteiger partial charge in [-0.25, -0.2) is 0 Å². The highest BCUT2D eigenvalue weighted by Gasteiger charge is 2.34. The summed E-state index contributed by atoms with van der Waals surface area (Å²) in [4.78, 5) is 0. The maximum atomic E-state index is 9.56. The van der Waals surface area contributed by atoms with Crippen molar-refractivity contribution in [3.8, 4) is 6.07 Å². The molecule has 1 aliphatic rings. The van der Waals surface area contributed by atoms with Gasteiger partial charge in [-0.15, -0.1) is 0 Å². The molecular formula is C16H22N2. The van der Waals surface area contributed by atoms with Crippen molar-refractivity contribution < 1.29 is 0 Å². The van der Waals surface area contributed by atoms with Gasteiger partial charge in [-0.05, 0) is 50.3 Å². The van der Waals surface area contributed by atoms with Crippen molar-refractivity contribution in [3.05, 3.63) is 29.8 Å². The van der Waals surface area contributed by atoms with Gasteiger partial charge in [0.25, 0.3) is 0 Å². The number of rotatable bonds is 3. The molecule has 0 aliphatic heterocycles. The predicted octanol–water partition coefficient (Wildman–Crippen LogP) is 4.27. The van der Waals surface area contributed by atoms with Gasteiger partial charge in [0.15, 0.2) is 0 Å². The van der Waals surface area contributed by atoms with Crippen LogP contribution in [-0.4, -0.2) is 5.54 Å². The summed E-state index contributed by atoms with van der Waals surface area (Å²) in [6.45, 7) is 4.13. The zero-order chi connectivity index (χ0) is 13.0. The fourth-order valence-corrected chi connectivity index (χ4v) is 2.92.